The zero-order chi connectivity index (χ0) is 24.7. The van der Waals surface area contributed by atoms with Crippen LogP contribution in [-0.2, 0) is 15.8 Å². The number of anilines is 2. The van der Waals surface area contributed by atoms with Crippen molar-refractivity contribution in [2.45, 2.75) is 25.9 Å². The summed E-state index contributed by atoms with van der Waals surface area (Å²) in [5, 5.41) is 8.04. The summed E-state index contributed by atoms with van der Waals surface area (Å²) < 4.78 is 38.6. The Morgan fingerprint density at radius 1 is 0.971 bits per heavy atom. The van der Waals surface area contributed by atoms with E-state index in [9.17, 15) is 27.6 Å². The van der Waals surface area contributed by atoms with Crippen molar-refractivity contribution in [2.24, 2.45) is 5.92 Å². The molecule has 0 radical (unpaired) electrons. The van der Waals surface area contributed by atoms with E-state index < -0.39 is 17.6 Å². The average Bonchev–Trinajstić information content (AvgIpc) is 2.78. The van der Waals surface area contributed by atoms with Crippen LogP contribution in [0.25, 0.3) is 0 Å². The summed E-state index contributed by atoms with van der Waals surface area (Å²) in [6, 6.07) is 10.6. The molecule has 3 rings (SSSR count). The molecule has 0 atom stereocenters. The van der Waals surface area contributed by atoms with Gasteiger partial charge in [-0.1, -0.05) is 12.1 Å². The number of carbonyl (C=O) groups excluding carboxylic acids is 3. The molecule has 0 aromatic heterocycles. The van der Waals surface area contributed by atoms with E-state index in [4.69, 9.17) is 0 Å². The molecule has 0 unspecified atom stereocenters. The highest BCUT2D eigenvalue weighted by Crippen LogP contribution is 2.30. The molecule has 0 bridgehead atoms. The van der Waals surface area contributed by atoms with Gasteiger partial charge >= 0.3 is 6.18 Å². The number of hydrogen-bond acceptors (Lipinski definition) is 4. The van der Waals surface area contributed by atoms with Crippen LogP contribution in [0.15, 0.2) is 48.5 Å². The van der Waals surface area contributed by atoms with E-state index in [1.807, 2.05) is 4.90 Å². The number of halogens is 3. The Balaban J connectivity index is 1.52. The monoisotopic (exact) mass is 476 g/mol. The van der Waals surface area contributed by atoms with Gasteiger partial charge in [0, 0.05) is 30.4 Å². The summed E-state index contributed by atoms with van der Waals surface area (Å²) in [6.45, 7) is 3.83. The van der Waals surface area contributed by atoms with Crippen molar-refractivity contribution >= 4 is 29.1 Å². The molecular formula is C24H27F3N4O3. The molecule has 3 N–H and O–H groups in total. The van der Waals surface area contributed by atoms with E-state index in [1.165, 1.54) is 31.2 Å². The fourth-order valence-corrected chi connectivity index (χ4v) is 3.76. The Morgan fingerprint density at radius 2 is 1.62 bits per heavy atom. The normalized spacial score (nSPS) is 14.9. The van der Waals surface area contributed by atoms with E-state index >= 15 is 0 Å². The van der Waals surface area contributed by atoms with Crippen molar-refractivity contribution in [3.63, 3.8) is 0 Å². The van der Waals surface area contributed by atoms with Crippen molar-refractivity contribution in [1.82, 2.24) is 10.2 Å². The first kappa shape index (κ1) is 25.2. The van der Waals surface area contributed by atoms with Gasteiger partial charge in [-0.05, 0) is 68.2 Å². The van der Waals surface area contributed by atoms with Gasteiger partial charge in [-0.15, -0.1) is 0 Å². The maximum atomic E-state index is 12.9. The molecule has 7 nitrogen and oxygen atoms in total. The van der Waals surface area contributed by atoms with Crippen LogP contribution < -0.4 is 16.0 Å². The fourth-order valence-electron chi connectivity index (χ4n) is 3.76. The predicted octanol–water partition coefficient (Wildman–Crippen LogP) is 3.74. The molecule has 0 saturated carbocycles. The Bertz CT molecular complexity index is 1030. The number of alkyl halides is 3. The Kier molecular flexibility index (Phi) is 8.27. The van der Waals surface area contributed by atoms with Crippen molar-refractivity contribution in [2.75, 3.05) is 36.8 Å². The second-order valence-corrected chi connectivity index (χ2v) is 8.32. The minimum absolute atomic E-state index is 0.0242. The zero-order valence-corrected chi connectivity index (χ0v) is 18.7. The van der Waals surface area contributed by atoms with E-state index in [-0.39, 0.29) is 29.6 Å². The highest BCUT2D eigenvalue weighted by Gasteiger charge is 2.30. The average molecular weight is 476 g/mol. The third-order valence-electron chi connectivity index (χ3n) is 5.57. The minimum Gasteiger partial charge on any atom is -0.356 e. The molecule has 10 heteroatoms. The number of benzene rings is 2. The van der Waals surface area contributed by atoms with Gasteiger partial charge in [0.05, 0.1) is 12.1 Å². The molecule has 1 fully saturated rings. The highest BCUT2D eigenvalue weighted by atomic mass is 19.4. The second-order valence-electron chi connectivity index (χ2n) is 8.32. The number of carbonyl (C=O) groups is 3. The summed E-state index contributed by atoms with van der Waals surface area (Å²) in [6.07, 6.45) is -2.73. The van der Waals surface area contributed by atoms with Gasteiger partial charge in [0.25, 0.3) is 5.91 Å². The minimum atomic E-state index is -4.51. The lowest BCUT2D eigenvalue weighted by atomic mass is 9.97. The molecule has 2 aromatic rings. The summed E-state index contributed by atoms with van der Waals surface area (Å²) in [7, 11) is 0. The van der Waals surface area contributed by atoms with E-state index in [0.717, 1.165) is 38.1 Å². The smallest absolute Gasteiger partial charge is 0.356 e. The van der Waals surface area contributed by atoms with Gasteiger partial charge < -0.3 is 16.0 Å². The molecular weight excluding hydrogens is 449 g/mol. The van der Waals surface area contributed by atoms with Crippen molar-refractivity contribution < 1.29 is 27.6 Å². The first-order valence-corrected chi connectivity index (χ1v) is 11.0. The second kappa shape index (κ2) is 11.1. The predicted molar refractivity (Wildman–Crippen MR) is 122 cm³/mol. The number of likely N-dealkylation sites (tertiary alicyclic amines) is 1. The maximum absolute atomic E-state index is 12.9. The quantitative estimate of drug-likeness (QED) is 0.568. The molecule has 1 aliphatic rings. The molecule has 1 aliphatic heterocycles. The SMILES string of the molecule is CC(=O)NCC1CCN(CC(=O)Nc2cccc(C(=O)Nc3cccc(C(F)(F)F)c3)c2)CC1. The number of nitrogens with one attached hydrogen (secondary N) is 3. The summed E-state index contributed by atoms with van der Waals surface area (Å²) in [5.41, 5.74) is -0.210. The Hall–Kier alpha value is -3.40. The zero-order valence-electron chi connectivity index (χ0n) is 18.7. The van der Waals surface area contributed by atoms with Gasteiger partial charge in [-0.2, -0.15) is 13.2 Å². The van der Waals surface area contributed by atoms with Crippen LogP contribution in [0.1, 0.15) is 35.7 Å². The summed E-state index contributed by atoms with van der Waals surface area (Å²) in [4.78, 5) is 38.0. The third-order valence-corrected chi connectivity index (χ3v) is 5.57. The molecule has 3 amide bonds. The molecule has 34 heavy (non-hydrogen) atoms. The van der Waals surface area contributed by atoms with Crippen LogP contribution in [0.3, 0.4) is 0 Å². The summed E-state index contributed by atoms with van der Waals surface area (Å²) in [5.74, 6) is -0.463. The van der Waals surface area contributed by atoms with Crippen LogP contribution >= 0.6 is 0 Å². The topological polar surface area (TPSA) is 90.5 Å². The number of piperidine rings is 1. The van der Waals surface area contributed by atoms with E-state index in [1.54, 1.807) is 12.1 Å². The molecule has 182 valence electrons. The fraction of sp³-hybridized carbons (Fsp3) is 0.375. The van der Waals surface area contributed by atoms with Crippen LogP contribution in [-0.4, -0.2) is 48.8 Å². The maximum Gasteiger partial charge on any atom is 0.416 e. The van der Waals surface area contributed by atoms with Gasteiger partial charge in [0.15, 0.2) is 0 Å². The van der Waals surface area contributed by atoms with E-state index in [2.05, 4.69) is 16.0 Å². The van der Waals surface area contributed by atoms with Crippen LogP contribution in [0.4, 0.5) is 24.5 Å². The van der Waals surface area contributed by atoms with Crippen molar-refractivity contribution in [3.05, 3.63) is 59.7 Å². The molecule has 0 spiro atoms. The van der Waals surface area contributed by atoms with Crippen LogP contribution in [0.2, 0.25) is 0 Å². The van der Waals surface area contributed by atoms with Gasteiger partial charge in [0.2, 0.25) is 11.8 Å². The third kappa shape index (κ3) is 7.58. The molecule has 1 saturated heterocycles. The lowest BCUT2D eigenvalue weighted by Gasteiger charge is -2.31. The van der Waals surface area contributed by atoms with Crippen molar-refractivity contribution in [3.8, 4) is 0 Å². The number of rotatable bonds is 7. The first-order valence-electron chi connectivity index (χ1n) is 11.0. The summed E-state index contributed by atoms with van der Waals surface area (Å²) >= 11 is 0. The van der Waals surface area contributed by atoms with E-state index in [0.29, 0.717) is 18.2 Å². The standard InChI is InChI=1S/C24H27F3N4O3/c1-16(32)28-14-17-8-10-31(11-9-17)15-22(33)29-20-6-2-4-18(12-20)23(34)30-21-7-3-5-19(13-21)24(25,26)27/h2-7,12-13,17H,8-11,14-15H2,1H3,(H,28,32)(H,29,33)(H,30,34). The van der Waals surface area contributed by atoms with Gasteiger partial charge in [-0.25, -0.2) is 0 Å². The first-order chi connectivity index (χ1) is 16.1. The Labute approximate surface area is 195 Å². The lowest BCUT2D eigenvalue weighted by Crippen LogP contribution is -2.41. The van der Waals surface area contributed by atoms with Gasteiger partial charge in [0.1, 0.15) is 0 Å². The van der Waals surface area contributed by atoms with Crippen molar-refractivity contribution in [1.29, 1.82) is 0 Å². The highest BCUT2D eigenvalue weighted by molar-refractivity contribution is 6.05. The number of amides is 3. The van der Waals surface area contributed by atoms with Crippen LogP contribution in [0, 0.1) is 5.92 Å². The largest absolute Gasteiger partial charge is 0.416 e. The molecule has 1 heterocycles. The number of nitrogens with zero attached hydrogens (tertiary/aromatic N) is 1. The number of hydrogen-bond donors (Lipinski definition) is 3. The molecule has 0 aliphatic carbocycles. The Morgan fingerprint density at radius 3 is 2.26 bits per heavy atom. The molecule has 2 aromatic carbocycles. The van der Waals surface area contributed by atoms with Gasteiger partial charge in [-0.3, -0.25) is 19.3 Å². The lowest BCUT2D eigenvalue weighted by molar-refractivity contribution is -0.137. The van der Waals surface area contributed by atoms with Crippen LogP contribution in [0.5, 0.6) is 0 Å².